The maximum Gasteiger partial charge on any atom is 0.337 e. The molecule has 0 fully saturated rings. The number of ether oxygens (including phenoxy) is 2. The first-order chi connectivity index (χ1) is 9.17. The Hall–Kier alpha value is -1.35. The summed E-state index contributed by atoms with van der Waals surface area (Å²) in [6, 6.07) is 7.34. The highest BCUT2D eigenvalue weighted by Crippen LogP contribution is 2.10. The molecule has 19 heavy (non-hydrogen) atoms. The predicted molar refractivity (Wildman–Crippen MR) is 76.1 cm³/mol. The average Bonchev–Trinajstić information content (AvgIpc) is 2.46. The minimum absolute atomic E-state index is 0.305. The first kappa shape index (κ1) is 15.7. The van der Waals surface area contributed by atoms with Gasteiger partial charge in [-0.05, 0) is 36.5 Å². The lowest BCUT2D eigenvalue weighted by Crippen LogP contribution is -2.02. The van der Waals surface area contributed by atoms with Gasteiger partial charge in [-0.1, -0.05) is 32.4 Å². The van der Waals surface area contributed by atoms with Crippen LogP contribution >= 0.6 is 0 Å². The minimum atomic E-state index is -0.305. The Bertz CT molecular complexity index is 370. The van der Waals surface area contributed by atoms with E-state index in [2.05, 4.69) is 18.6 Å². The van der Waals surface area contributed by atoms with Crippen LogP contribution in [0.1, 0.15) is 49.0 Å². The second kappa shape index (κ2) is 8.70. The van der Waals surface area contributed by atoms with Crippen molar-refractivity contribution in [2.45, 2.75) is 39.7 Å². The van der Waals surface area contributed by atoms with E-state index in [0.29, 0.717) is 12.2 Å². The number of methoxy groups -OCH3 is 1. The normalized spacial score (nSPS) is 12.2. The molecule has 1 atom stereocenters. The lowest BCUT2D eigenvalue weighted by Gasteiger charge is -2.08. The number of rotatable bonds is 8. The average molecular weight is 264 g/mol. The van der Waals surface area contributed by atoms with Crippen molar-refractivity contribution in [2.24, 2.45) is 5.92 Å². The van der Waals surface area contributed by atoms with E-state index in [-0.39, 0.29) is 5.97 Å². The van der Waals surface area contributed by atoms with E-state index in [1.165, 1.54) is 20.0 Å². The van der Waals surface area contributed by atoms with Gasteiger partial charge < -0.3 is 9.47 Å². The summed E-state index contributed by atoms with van der Waals surface area (Å²) in [4.78, 5) is 11.3. The van der Waals surface area contributed by atoms with Crippen molar-refractivity contribution in [3.05, 3.63) is 35.4 Å². The third-order valence-corrected chi connectivity index (χ3v) is 3.33. The number of carbonyl (C=O) groups is 1. The molecular weight excluding hydrogens is 240 g/mol. The van der Waals surface area contributed by atoms with Crippen LogP contribution in [0.2, 0.25) is 0 Å². The first-order valence-corrected chi connectivity index (χ1v) is 6.92. The Morgan fingerprint density at radius 2 is 1.95 bits per heavy atom. The molecule has 0 radical (unpaired) electrons. The highest BCUT2D eigenvalue weighted by Gasteiger charge is 2.04. The summed E-state index contributed by atoms with van der Waals surface area (Å²) in [6.45, 7) is 5.88. The molecule has 1 rings (SSSR count). The van der Waals surface area contributed by atoms with Crippen molar-refractivity contribution in [3.63, 3.8) is 0 Å². The van der Waals surface area contributed by atoms with Gasteiger partial charge in [-0.25, -0.2) is 4.79 Å². The van der Waals surface area contributed by atoms with Gasteiger partial charge in [0.2, 0.25) is 0 Å². The monoisotopic (exact) mass is 264 g/mol. The SMILES string of the molecule is CC[C@H](C)CCCOCc1ccc(C(=O)OC)cc1. The van der Waals surface area contributed by atoms with Gasteiger partial charge in [0.1, 0.15) is 0 Å². The maximum atomic E-state index is 11.3. The summed E-state index contributed by atoms with van der Waals surface area (Å²) in [6.07, 6.45) is 3.56. The Morgan fingerprint density at radius 1 is 1.26 bits per heavy atom. The van der Waals surface area contributed by atoms with Crippen LogP contribution in [0.5, 0.6) is 0 Å². The molecule has 106 valence electrons. The number of hydrogen-bond donors (Lipinski definition) is 0. The topological polar surface area (TPSA) is 35.5 Å². The fourth-order valence-corrected chi connectivity index (χ4v) is 1.78. The molecular formula is C16H24O3. The minimum Gasteiger partial charge on any atom is -0.465 e. The molecule has 0 saturated heterocycles. The second-order valence-corrected chi connectivity index (χ2v) is 4.90. The molecule has 0 amide bonds. The molecule has 0 saturated carbocycles. The van der Waals surface area contributed by atoms with Gasteiger partial charge in [-0.15, -0.1) is 0 Å². The van der Waals surface area contributed by atoms with Crippen LogP contribution in [-0.2, 0) is 16.1 Å². The standard InChI is InChI=1S/C16H24O3/c1-4-13(2)6-5-11-19-12-14-7-9-15(10-8-14)16(17)18-3/h7-10,13H,4-6,11-12H2,1-3H3/t13-/m0/s1. The summed E-state index contributed by atoms with van der Waals surface area (Å²) in [5.41, 5.74) is 1.65. The van der Waals surface area contributed by atoms with Gasteiger partial charge in [0.25, 0.3) is 0 Å². The molecule has 0 heterocycles. The summed E-state index contributed by atoms with van der Waals surface area (Å²) < 4.78 is 10.3. The Labute approximate surface area is 115 Å². The second-order valence-electron chi connectivity index (χ2n) is 4.90. The van der Waals surface area contributed by atoms with Crippen molar-refractivity contribution in [2.75, 3.05) is 13.7 Å². The largest absolute Gasteiger partial charge is 0.465 e. The lowest BCUT2D eigenvalue weighted by molar-refractivity contribution is 0.0600. The Kier molecular flexibility index (Phi) is 7.19. The quantitative estimate of drug-likeness (QED) is 0.529. The Balaban J connectivity index is 2.25. The summed E-state index contributed by atoms with van der Waals surface area (Å²) in [5.74, 6) is 0.476. The van der Waals surface area contributed by atoms with E-state index >= 15 is 0 Å². The van der Waals surface area contributed by atoms with E-state index < -0.39 is 0 Å². The number of benzene rings is 1. The predicted octanol–water partition coefficient (Wildman–Crippen LogP) is 3.82. The molecule has 0 aliphatic heterocycles. The van der Waals surface area contributed by atoms with Crippen molar-refractivity contribution < 1.29 is 14.3 Å². The molecule has 3 heteroatoms. The smallest absolute Gasteiger partial charge is 0.337 e. The van der Waals surface area contributed by atoms with E-state index in [1.54, 1.807) is 12.1 Å². The molecule has 1 aromatic carbocycles. The van der Waals surface area contributed by atoms with Crippen LogP contribution < -0.4 is 0 Å². The van der Waals surface area contributed by atoms with Crippen LogP contribution in [0, 0.1) is 5.92 Å². The van der Waals surface area contributed by atoms with Crippen LogP contribution in [0.25, 0.3) is 0 Å². The van der Waals surface area contributed by atoms with Crippen molar-refractivity contribution in [3.8, 4) is 0 Å². The molecule has 0 aliphatic rings. The lowest BCUT2D eigenvalue weighted by atomic mass is 10.0. The maximum absolute atomic E-state index is 11.3. The Morgan fingerprint density at radius 3 is 2.53 bits per heavy atom. The van der Waals surface area contributed by atoms with Gasteiger partial charge in [-0.2, -0.15) is 0 Å². The molecule has 3 nitrogen and oxygen atoms in total. The van der Waals surface area contributed by atoms with E-state index in [0.717, 1.165) is 24.5 Å². The van der Waals surface area contributed by atoms with Gasteiger partial charge in [0.05, 0.1) is 19.3 Å². The molecule has 0 aromatic heterocycles. The molecule has 1 aromatic rings. The molecule has 0 unspecified atom stereocenters. The number of esters is 1. The van der Waals surface area contributed by atoms with Gasteiger partial charge in [0.15, 0.2) is 0 Å². The third kappa shape index (κ3) is 5.88. The van der Waals surface area contributed by atoms with Crippen molar-refractivity contribution >= 4 is 5.97 Å². The number of carbonyl (C=O) groups excluding carboxylic acids is 1. The van der Waals surface area contributed by atoms with E-state index in [1.807, 2.05) is 12.1 Å². The van der Waals surface area contributed by atoms with E-state index in [9.17, 15) is 4.79 Å². The summed E-state index contributed by atoms with van der Waals surface area (Å²) in [7, 11) is 1.39. The van der Waals surface area contributed by atoms with Crippen molar-refractivity contribution in [1.29, 1.82) is 0 Å². The molecule has 0 bridgehead atoms. The van der Waals surface area contributed by atoms with Crippen LogP contribution in [0.4, 0.5) is 0 Å². The van der Waals surface area contributed by atoms with Gasteiger partial charge in [0, 0.05) is 6.61 Å². The zero-order chi connectivity index (χ0) is 14.1. The fourth-order valence-electron chi connectivity index (χ4n) is 1.78. The molecule has 0 spiro atoms. The van der Waals surface area contributed by atoms with Crippen LogP contribution in [-0.4, -0.2) is 19.7 Å². The first-order valence-electron chi connectivity index (χ1n) is 6.92. The fraction of sp³-hybridized carbons (Fsp3) is 0.562. The van der Waals surface area contributed by atoms with Crippen molar-refractivity contribution in [1.82, 2.24) is 0 Å². The summed E-state index contributed by atoms with van der Waals surface area (Å²) >= 11 is 0. The zero-order valence-corrected chi connectivity index (χ0v) is 12.1. The van der Waals surface area contributed by atoms with Crippen LogP contribution in [0.3, 0.4) is 0 Å². The van der Waals surface area contributed by atoms with Gasteiger partial charge >= 0.3 is 5.97 Å². The third-order valence-electron chi connectivity index (χ3n) is 3.33. The molecule has 0 N–H and O–H groups in total. The zero-order valence-electron chi connectivity index (χ0n) is 12.1. The van der Waals surface area contributed by atoms with Crippen LogP contribution in [0.15, 0.2) is 24.3 Å². The number of hydrogen-bond acceptors (Lipinski definition) is 3. The highest BCUT2D eigenvalue weighted by atomic mass is 16.5. The van der Waals surface area contributed by atoms with Gasteiger partial charge in [-0.3, -0.25) is 0 Å². The molecule has 0 aliphatic carbocycles. The highest BCUT2D eigenvalue weighted by molar-refractivity contribution is 5.89. The summed E-state index contributed by atoms with van der Waals surface area (Å²) in [5, 5.41) is 0. The van der Waals surface area contributed by atoms with E-state index in [4.69, 9.17) is 4.74 Å².